The minimum Gasteiger partial charge on any atom is -0.508 e. The van der Waals surface area contributed by atoms with E-state index in [0.29, 0.717) is 40.5 Å². The van der Waals surface area contributed by atoms with E-state index in [-0.39, 0.29) is 17.5 Å². The van der Waals surface area contributed by atoms with E-state index in [1.54, 1.807) is 50.5 Å². The number of carbonyl (C=O) groups is 1. The van der Waals surface area contributed by atoms with Crippen LogP contribution >= 0.6 is 0 Å². The monoisotopic (exact) mass is 651 g/mol. The lowest BCUT2D eigenvalue weighted by Crippen LogP contribution is -2.24. The normalized spacial score (nSPS) is 12.2. The molecule has 0 aliphatic heterocycles. The van der Waals surface area contributed by atoms with Crippen LogP contribution in [0.25, 0.3) is 0 Å². The van der Waals surface area contributed by atoms with Gasteiger partial charge in [-0.1, -0.05) is 12.1 Å². The van der Waals surface area contributed by atoms with E-state index in [4.69, 9.17) is 4.74 Å². The molecule has 0 unspecified atom stereocenters. The van der Waals surface area contributed by atoms with Crippen LogP contribution in [0.1, 0.15) is 72.1 Å². The Bertz CT molecular complexity index is 1820. The molecule has 5 aromatic rings. The Kier molecular flexibility index (Phi) is 10.8. The van der Waals surface area contributed by atoms with Crippen LogP contribution in [0.4, 0.5) is 5.69 Å². The molecular formula is C33H37N11O4. The number of unbranched alkanes of at least 4 members (excludes halogenated alkanes) is 1. The summed E-state index contributed by atoms with van der Waals surface area (Å²) in [6.07, 6.45) is 4.79. The molecule has 3 aromatic carbocycles. The minimum absolute atomic E-state index is 0.0433. The lowest BCUT2D eigenvalue weighted by Gasteiger charge is -2.26. The number of carbonyl (C=O) groups excluding carboxylic acids is 1. The van der Waals surface area contributed by atoms with E-state index in [0.717, 1.165) is 37.2 Å². The molecule has 2 N–H and O–H groups in total. The van der Waals surface area contributed by atoms with Crippen LogP contribution in [0, 0.1) is 13.8 Å². The number of hydrogen-bond acceptors (Lipinski definition) is 13. The van der Waals surface area contributed by atoms with Crippen LogP contribution in [0.2, 0.25) is 0 Å². The number of anilines is 1. The number of aromatic nitrogens is 8. The van der Waals surface area contributed by atoms with Crippen LogP contribution in [0.3, 0.4) is 0 Å². The van der Waals surface area contributed by atoms with Gasteiger partial charge >= 0.3 is 5.97 Å². The average molecular weight is 652 g/mol. The van der Waals surface area contributed by atoms with Crippen LogP contribution in [-0.2, 0) is 9.53 Å². The number of esters is 1. The largest absolute Gasteiger partial charge is 0.508 e. The number of hydrogen-bond donors (Lipinski definition) is 2. The zero-order chi connectivity index (χ0) is 34.0. The lowest BCUT2D eigenvalue weighted by molar-refractivity contribution is -0.141. The number of aryl methyl sites for hydroxylation is 2. The molecule has 48 heavy (non-hydrogen) atoms. The van der Waals surface area contributed by atoms with Gasteiger partial charge in [0.15, 0.2) is 11.6 Å². The molecule has 0 atom stereocenters. The third-order valence-corrected chi connectivity index (χ3v) is 7.64. The summed E-state index contributed by atoms with van der Waals surface area (Å²) in [4.78, 5) is 16.0. The fourth-order valence-electron chi connectivity index (χ4n) is 5.20. The molecule has 2 heterocycles. The van der Waals surface area contributed by atoms with Gasteiger partial charge in [-0.15, -0.1) is 19.8 Å². The molecule has 0 amide bonds. The standard InChI is InChI=1S/C33H37N11O4/c1-5-42(15-6-7-16-48-24(4)45)28-10-8-9-27(19-28)33(29-17-25(11-13-31(29)46)20-34-43-22(2)36-38-40-43)30-18-26(12-14-32(30)47)21-35-44-23(3)37-39-41-44/h8-14,17-21,33,46-47H,5-7,15-16H2,1-4H3. The summed E-state index contributed by atoms with van der Waals surface area (Å²) in [5.41, 5.74) is 4.29. The molecule has 15 heteroatoms. The highest BCUT2D eigenvalue weighted by Crippen LogP contribution is 2.42. The summed E-state index contributed by atoms with van der Waals surface area (Å²) < 4.78 is 5.10. The molecular weight excluding hydrogens is 614 g/mol. The predicted molar refractivity (Wildman–Crippen MR) is 178 cm³/mol. The third kappa shape index (κ3) is 8.23. The first-order valence-electron chi connectivity index (χ1n) is 15.5. The van der Waals surface area contributed by atoms with Crippen LogP contribution in [0.5, 0.6) is 11.5 Å². The van der Waals surface area contributed by atoms with Crippen molar-refractivity contribution in [3.8, 4) is 11.5 Å². The van der Waals surface area contributed by atoms with Gasteiger partial charge in [0.25, 0.3) is 0 Å². The van der Waals surface area contributed by atoms with Crippen molar-refractivity contribution in [1.82, 2.24) is 40.6 Å². The van der Waals surface area contributed by atoms with Gasteiger partial charge in [0.1, 0.15) is 11.5 Å². The van der Waals surface area contributed by atoms with Gasteiger partial charge in [-0.05, 0) is 120 Å². The number of tetrazole rings is 2. The molecule has 15 nitrogen and oxygen atoms in total. The van der Waals surface area contributed by atoms with E-state index in [2.05, 4.69) is 59.1 Å². The van der Waals surface area contributed by atoms with Crippen molar-refractivity contribution < 1.29 is 19.7 Å². The maximum Gasteiger partial charge on any atom is 0.302 e. The molecule has 2 aromatic heterocycles. The maximum atomic E-state index is 11.3. The number of ether oxygens (including phenoxy) is 1. The Balaban J connectivity index is 1.56. The Hall–Kier alpha value is -5.99. The Morgan fingerprint density at radius 3 is 1.96 bits per heavy atom. The Labute approximate surface area is 277 Å². The van der Waals surface area contributed by atoms with Gasteiger partial charge < -0.3 is 19.8 Å². The molecule has 5 rings (SSSR count). The quantitative estimate of drug-likeness (QED) is 0.0771. The number of phenolic OH excluding ortho intramolecular Hbond substituents is 2. The molecule has 0 aliphatic rings. The van der Waals surface area contributed by atoms with Gasteiger partial charge in [0, 0.05) is 42.7 Å². The van der Waals surface area contributed by atoms with Crippen LogP contribution < -0.4 is 4.90 Å². The molecule has 0 aliphatic carbocycles. The number of nitrogens with zero attached hydrogens (tertiary/aromatic N) is 11. The molecule has 0 bridgehead atoms. The highest BCUT2D eigenvalue weighted by atomic mass is 16.5. The first-order valence-corrected chi connectivity index (χ1v) is 15.5. The third-order valence-electron chi connectivity index (χ3n) is 7.64. The second-order valence-electron chi connectivity index (χ2n) is 11.0. The lowest BCUT2D eigenvalue weighted by atomic mass is 9.82. The van der Waals surface area contributed by atoms with Crippen molar-refractivity contribution in [3.63, 3.8) is 0 Å². The van der Waals surface area contributed by atoms with E-state index >= 15 is 0 Å². The zero-order valence-electron chi connectivity index (χ0n) is 27.2. The summed E-state index contributed by atoms with van der Waals surface area (Å²) in [5, 5.41) is 54.0. The molecule has 0 radical (unpaired) electrons. The van der Waals surface area contributed by atoms with Gasteiger partial charge in [-0.3, -0.25) is 4.79 Å². The van der Waals surface area contributed by atoms with Gasteiger partial charge in [-0.2, -0.15) is 10.2 Å². The predicted octanol–water partition coefficient (Wildman–Crippen LogP) is 3.80. The van der Waals surface area contributed by atoms with E-state index in [1.165, 1.54) is 16.5 Å². The van der Waals surface area contributed by atoms with E-state index in [1.807, 2.05) is 30.3 Å². The van der Waals surface area contributed by atoms with Crippen molar-refractivity contribution in [2.75, 3.05) is 24.6 Å². The Morgan fingerprint density at radius 2 is 1.46 bits per heavy atom. The second-order valence-corrected chi connectivity index (χ2v) is 11.0. The molecule has 0 spiro atoms. The average Bonchev–Trinajstić information content (AvgIpc) is 3.69. The summed E-state index contributed by atoms with van der Waals surface area (Å²) in [6, 6.07) is 18.4. The molecule has 0 saturated heterocycles. The summed E-state index contributed by atoms with van der Waals surface area (Å²) in [7, 11) is 0. The second kappa shape index (κ2) is 15.5. The Morgan fingerprint density at radius 1 is 0.875 bits per heavy atom. The van der Waals surface area contributed by atoms with Gasteiger partial charge in [0.2, 0.25) is 0 Å². The summed E-state index contributed by atoms with van der Waals surface area (Å²) in [5.74, 6) is 0.246. The van der Waals surface area contributed by atoms with Crippen molar-refractivity contribution in [2.24, 2.45) is 10.2 Å². The van der Waals surface area contributed by atoms with Crippen molar-refractivity contribution in [1.29, 1.82) is 0 Å². The first kappa shape index (κ1) is 33.4. The van der Waals surface area contributed by atoms with E-state index in [9.17, 15) is 15.0 Å². The zero-order valence-corrected chi connectivity index (χ0v) is 27.2. The first-order chi connectivity index (χ1) is 23.2. The van der Waals surface area contributed by atoms with Crippen LogP contribution in [0.15, 0.2) is 70.9 Å². The summed E-state index contributed by atoms with van der Waals surface area (Å²) in [6.45, 7) is 8.86. The number of rotatable bonds is 14. The summed E-state index contributed by atoms with van der Waals surface area (Å²) >= 11 is 0. The van der Waals surface area contributed by atoms with Crippen molar-refractivity contribution >= 4 is 24.1 Å². The minimum atomic E-state index is -0.598. The van der Waals surface area contributed by atoms with Gasteiger partial charge in [0.05, 0.1) is 19.0 Å². The number of phenols is 2. The highest BCUT2D eigenvalue weighted by Gasteiger charge is 2.24. The molecule has 0 saturated carbocycles. The molecule has 248 valence electrons. The highest BCUT2D eigenvalue weighted by molar-refractivity contribution is 5.82. The van der Waals surface area contributed by atoms with Crippen LogP contribution in [-0.4, -0.2) is 88.9 Å². The smallest absolute Gasteiger partial charge is 0.302 e. The number of aromatic hydroxyl groups is 2. The molecule has 0 fully saturated rings. The van der Waals surface area contributed by atoms with Crippen molar-refractivity contribution in [3.05, 3.63) is 100 Å². The fourth-order valence-corrected chi connectivity index (χ4v) is 5.20. The van der Waals surface area contributed by atoms with Gasteiger partial charge in [-0.25, -0.2) is 0 Å². The SMILES string of the molecule is CCN(CCCCOC(C)=O)c1cccc(C(c2cc(C=Nn3nnnc3C)ccc2O)c2cc(C=Nn3nnnc3C)ccc2O)c1. The van der Waals surface area contributed by atoms with Crippen molar-refractivity contribution in [2.45, 2.75) is 46.5 Å². The number of benzene rings is 3. The fraction of sp³-hybridized carbons (Fsp3) is 0.303. The topological polar surface area (TPSA) is 182 Å². The maximum absolute atomic E-state index is 11.3. The van der Waals surface area contributed by atoms with E-state index < -0.39 is 5.92 Å².